The minimum absolute atomic E-state index is 0.0757. The fourth-order valence-corrected chi connectivity index (χ4v) is 3.23. The molecular weight excluding hydrogens is 355 g/mol. The van der Waals surface area contributed by atoms with Crippen LogP contribution in [0.2, 0.25) is 0 Å². The molecular formula is C23H27FN2O2. The molecule has 0 unspecified atom stereocenters. The van der Waals surface area contributed by atoms with E-state index in [1.54, 1.807) is 17.0 Å². The van der Waals surface area contributed by atoms with Gasteiger partial charge < -0.3 is 9.74 Å². The van der Waals surface area contributed by atoms with Crippen LogP contribution in [0.15, 0.2) is 53.7 Å². The number of hydrogen-bond donors (Lipinski definition) is 0. The average molecular weight is 382 g/mol. The summed E-state index contributed by atoms with van der Waals surface area (Å²) in [4.78, 5) is 20.2. The largest absolute Gasteiger partial charge is 0.390 e. The van der Waals surface area contributed by atoms with Crippen LogP contribution in [0.3, 0.4) is 0 Å². The van der Waals surface area contributed by atoms with Crippen molar-refractivity contribution in [1.29, 1.82) is 0 Å². The molecule has 1 amide bonds. The van der Waals surface area contributed by atoms with Crippen LogP contribution in [0.25, 0.3) is 0 Å². The molecule has 4 nitrogen and oxygen atoms in total. The van der Waals surface area contributed by atoms with Crippen molar-refractivity contribution in [2.45, 2.75) is 46.3 Å². The molecule has 0 aliphatic carbocycles. The first kappa shape index (κ1) is 20.1. The molecule has 5 heteroatoms. The summed E-state index contributed by atoms with van der Waals surface area (Å²) in [6.07, 6.45) is 0.963. The smallest absolute Gasteiger partial charge is 0.223 e. The zero-order chi connectivity index (χ0) is 20.1. The van der Waals surface area contributed by atoms with Gasteiger partial charge in [-0.25, -0.2) is 4.39 Å². The van der Waals surface area contributed by atoms with Gasteiger partial charge in [-0.3, -0.25) is 4.79 Å². The van der Waals surface area contributed by atoms with Gasteiger partial charge in [0.2, 0.25) is 5.91 Å². The zero-order valence-corrected chi connectivity index (χ0v) is 16.7. The van der Waals surface area contributed by atoms with E-state index in [0.29, 0.717) is 25.9 Å². The number of amides is 1. The third-order valence-corrected chi connectivity index (χ3v) is 4.76. The van der Waals surface area contributed by atoms with E-state index >= 15 is 0 Å². The van der Waals surface area contributed by atoms with Gasteiger partial charge in [-0.2, -0.15) is 0 Å². The second-order valence-corrected chi connectivity index (χ2v) is 7.83. The quantitative estimate of drug-likeness (QED) is 0.696. The van der Waals surface area contributed by atoms with Gasteiger partial charge in [0.1, 0.15) is 5.82 Å². The Morgan fingerprint density at radius 3 is 2.50 bits per heavy atom. The van der Waals surface area contributed by atoms with Crippen molar-refractivity contribution in [3.8, 4) is 0 Å². The molecule has 0 spiro atoms. The molecule has 0 fully saturated rings. The van der Waals surface area contributed by atoms with Gasteiger partial charge in [0.05, 0.1) is 12.3 Å². The highest BCUT2D eigenvalue weighted by Gasteiger charge is 2.27. The molecule has 0 aromatic heterocycles. The third kappa shape index (κ3) is 5.41. The van der Waals surface area contributed by atoms with Crippen molar-refractivity contribution >= 4 is 11.6 Å². The van der Waals surface area contributed by atoms with E-state index in [9.17, 15) is 9.18 Å². The highest BCUT2D eigenvalue weighted by molar-refractivity contribution is 6.01. The van der Waals surface area contributed by atoms with Crippen LogP contribution in [0.5, 0.6) is 0 Å². The Morgan fingerprint density at radius 1 is 1.18 bits per heavy atom. The first-order valence-corrected chi connectivity index (χ1v) is 9.72. The van der Waals surface area contributed by atoms with Crippen molar-refractivity contribution in [2.24, 2.45) is 11.1 Å². The zero-order valence-electron chi connectivity index (χ0n) is 16.7. The summed E-state index contributed by atoms with van der Waals surface area (Å²) in [6, 6.07) is 14.5. The van der Waals surface area contributed by atoms with Crippen molar-refractivity contribution in [3.05, 3.63) is 71.0 Å². The van der Waals surface area contributed by atoms with E-state index < -0.39 is 0 Å². The van der Waals surface area contributed by atoms with Crippen LogP contribution in [0.4, 0.5) is 4.39 Å². The minimum atomic E-state index is -0.279. The molecule has 0 N–H and O–H groups in total. The Balaban J connectivity index is 1.66. The number of halogens is 1. The molecule has 2 aromatic carbocycles. The highest BCUT2D eigenvalue weighted by atomic mass is 19.1. The third-order valence-electron chi connectivity index (χ3n) is 4.76. The van der Waals surface area contributed by atoms with Crippen LogP contribution in [-0.4, -0.2) is 29.2 Å². The molecule has 2 aromatic rings. The fourth-order valence-electron chi connectivity index (χ4n) is 3.23. The van der Waals surface area contributed by atoms with Crippen LogP contribution < -0.4 is 0 Å². The van der Waals surface area contributed by atoms with Gasteiger partial charge in [0, 0.05) is 19.4 Å². The van der Waals surface area contributed by atoms with Crippen molar-refractivity contribution in [1.82, 2.24) is 4.90 Å². The Morgan fingerprint density at radius 2 is 1.86 bits per heavy atom. The van der Waals surface area contributed by atoms with Crippen LogP contribution in [-0.2, 0) is 16.2 Å². The van der Waals surface area contributed by atoms with Gasteiger partial charge >= 0.3 is 0 Å². The van der Waals surface area contributed by atoms with Crippen molar-refractivity contribution in [2.75, 3.05) is 6.54 Å². The second-order valence-electron chi connectivity index (χ2n) is 7.83. The van der Waals surface area contributed by atoms with E-state index in [0.717, 1.165) is 16.8 Å². The topological polar surface area (TPSA) is 41.9 Å². The fraction of sp³-hybridized carbons (Fsp3) is 0.391. The summed E-state index contributed by atoms with van der Waals surface area (Å²) in [7, 11) is 0. The Labute approximate surface area is 166 Å². The lowest BCUT2D eigenvalue weighted by molar-refractivity contribution is -0.134. The molecule has 1 aliphatic heterocycles. The molecule has 0 saturated carbocycles. The van der Waals surface area contributed by atoms with Crippen LogP contribution in [0, 0.1) is 18.7 Å². The predicted molar refractivity (Wildman–Crippen MR) is 108 cm³/mol. The van der Waals surface area contributed by atoms with E-state index in [4.69, 9.17) is 4.84 Å². The first-order valence-electron chi connectivity index (χ1n) is 9.72. The minimum Gasteiger partial charge on any atom is -0.390 e. The van der Waals surface area contributed by atoms with Crippen molar-refractivity contribution in [3.63, 3.8) is 0 Å². The molecule has 1 aliphatic rings. The maximum Gasteiger partial charge on any atom is 0.223 e. The summed E-state index contributed by atoms with van der Waals surface area (Å²) in [5.74, 6) is 0.0675. The normalized spacial score (nSPS) is 16.0. The van der Waals surface area contributed by atoms with Gasteiger partial charge in [0.15, 0.2) is 6.10 Å². The lowest BCUT2D eigenvalue weighted by atomic mass is 10.0. The average Bonchev–Trinajstić information content (AvgIpc) is 3.11. The van der Waals surface area contributed by atoms with Gasteiger partial charge in [-0.15, -0.1) is 0 Å². The molecule has 0 radical (unpaired) electrons. The monoisotopic (exact) mass is 382 g/mol. The molecule has 1 atom stereocenters. The standard InChI is InChI=1S/C23H27FN2O2/c1-16(2)12-23(27)26(14-18-6-10-20(24)11-7-18)15-21-13-22(25-28-21)19-8-4-17(3)5-9-19/h4-11,16,21H,12-15H2,1-3H3/t21-/m0/s1. The lowest BCUT2D eigenvalue weighted by Crippen LogP contribution is -2.37. The summed E-state index contributed by atoms with van der Waals surface area (Å²) in [5.41, 5.74) is 4.05. The summed E-state index contributed by atoms with van der Waals surface area (Å²) in [6.45, 7) is 7.00. The summed E-state index contributed by atoms with van der Waals surface area (Å²) >= 11 is 0. The Kier molecular flexibility index (Phi) is 6.45. The van der Waals surface area contributed by atoms with E-state index in [2.05, 4.69) is 17.3 Å². The number of rotatable bonds is 7. The maximum atomic E-state index is 13.2. The first-order chi connectivity index (χ1) is 13.4. The number of carbonyl (C=O) groups excluding carboxylic acids is 1. The van der Waals surface area contributed by atoms with E-state index in [1.807, 2.05) is 32.9 Å². The molecule has 148 valence electrons. The number of aryl methyl sites for hydroxylation is 1. The number of oxime groups is 1. The predicted octanol–water partition coefficient (Wildman–Crippen LogP) is 4.70. The van der Waals surface area contributed by atoms with Gasteiger partial charge in [0.25, 0.3) is 0 Å². The number of nitrogens with zero attached hydrogens (tertiary/aromatic N) is 2. The summed E-state index contributed by atoms with van der Waals surface area (Å²) in [5, 5.41) is 4.24. The van der Waals surface area contributed by atoms with Gasteiger partial charge in [-0.05, 0) is 36.1 Å². The second kappa shape index (κ2) is 9.00. The number of hydrogen-bond acceptors (Lipinski definition) is 3. The molecule has 28 heavy (non-hydrogen) atoms. The Hall–Kier alpha value is -2.69. The van der Waals surface area contributed by atoms with E-state index in [1.165, 1.54) is 17.7 Å². The molecule has 1 heterocycles. The molecule has 0 bridgehead atoms. The molecule has 3 rings (SSSR count). The van der Waals surface area contributed by atoms with Gasteiger partial charge in [-0.1, -0.05) is 61.0 Å². The maximum absolute atomic E-state index is 13.2. The Bertz CT molecular complexity index is 829. The lowest BCUT2D eigenvalue weighted by Gasteiger charge is -2.26. The SMILES string of the molecule is Cc1ccc(C2=NO[C@H](CN(Cc3ccc(F)cc3)C(=O)CC(C)C)C2)cc1. The summed E-state index contributed by atoms with van der Waals surface area (Å²) < 4.78 is 13.2. The van der Waals surface area contributed by atoms with Crippen LogP contribution >= 0.6 is 0 Å². The van der Waals surface area contributed by atoms with E-state index in [-0.39, 0.29) is 23.7 Å². The molecule has 0 saturated heterocycles. The highest BCUT2D eigenvalue weighted by Crippen LogP contribution is 2.20. The van der Waals surface area contributed by atoms with Crippen LogP contribution in [0.1, 0.15) is 43.4 Å². The number of carbonyl (C=O) groups is 1. The number of benzene rings is 2. The van der Waals surface area contributed by atoms with Crippen molar-refractivity contribution < 1.29 is 14.0 Å².